The van der Waals surface area contributed by atoms with Gasteiger partial charge in [0, 0.05) is 71.5 Å². The van der Waals surface area contributed by atoms with Crippen LogP contribution in [0.2, 0.25) is 0 Å². The predicted octanol–water partition coefficient (Wildman–Crippen LogP) is 1.41. The molecule has 4 atom stereocenters. The summed E-state index contributed by atoms with van der Waals surface area (Å²) in [5.41, 5.74) is 0. The van der Waals surface area contributed by atoms with E-state index in [1.165, 1.54) is 6.42 Å². The predicted molar refractivity (Wildman–Crippen MR) is 141 cm³/mol. The zero-order chi connectivity index (χ0) is 22.4. The van der Waals surface area contributed by atoms with Crippen LogP contribution in [0, 0.1) is 11.8 Å². The second-order valence-electron chi connectivity index (χ2n) is 9.95. The van der Waals surface area contributed by atoms with Gasteiger partial charge >= 0.3 is 0 Å². The van der Waals surface area contributed by atoms with E-state index in [1.807, 2.05) is 7.05 Å². The molecule has 1 amide bonds. The van der Waals surface area contributed by atoms with Crippen molar-refractivity contribution in [3.05, 3.63) is 0 Å². The minimum absolute atomic E-state index is 0. The fourth-order valence-corrected chi connectivity index (χ4v) is 5.36. The Hall–Kier alpha value is -0.650. The number of rotatable bonds is 5. The zero-order valence-electron chi connectivity index (χ0n) is 20.8. The van der Waals surface area contributed by atoms with Crippen LogP contribution in [-0.4, -0.2) is 123 Å². The first kappa shape index (κ1) is 27.6. The summed E-state index contributed by atoms with van der Waals surface area (Å²) in [7, 11) is 1.86. The number of amides is 1. The Morgan fingerprint density at radius 1 is 1.06 bits per heavy atom. The van der Waals surface area contributed by atoms with E-state index in [4.69, 9.17) is 4.74 Å². The van der Waals surface area contributed by atoms with Crippen LogP contribution in [0.4, 0.5) is 0 Å². The van der Waals surface area contributed by atoms with Gasteiger partial charge in [0.2, 0.25) is 5.91 Å². The number of piperidine rings is 1. The van der Waals surface area contributed by atoms with E-state index >= 15 is 0 Å². The number of carbonyl (C=O) groups excluding carboxylic acids is 1. The van der Waals surface area contributed by atoms with Crippen molar-refractivity contribution in [3.8, 4) is 0 Å². The van der Waals surface area contributed by atoms with Crippen molar-refractivity contribution in [2.75, 3.05) is 79.2 Å². The lowest BCUT2D eigenvalue weighted by molar-refractivity contribution is -0.135. The van der Waals surface area contributed by atoms with Gasteiger partial charge in [-0.05, 0) is 32.1 Å². The van der Waals surface area contributed by atoms with Crippen molar-refractivity contribution in [2.24, 2.45) is 16.8 Å². The maximum atomic E-state index is 12.8. The molecule has 0 bridgehead atoms. The third-order valence-electron chi connectivity index (χ3n) is 7.00. The number of morpholine rings is 1. The Labute approximate surface area is 212 Å². The zero-order valence-corrected chi connectivity index (χ0v) is 23.1. The van der Waals surface area contributed by atoms with Gasteiger partial charge in [-0.25, -0.2) is 0 Å². The SMILES string of the molecule is CN=C(NCC(C)N1CCOCC1C)N1CCN(CC(=O)N2CC(C)CC(C)C2)CC1.I. The summed E-state index contributed by atoms with van der Waals surface area (Å²) in [6, 6.07) is 0.892. The van der Waals surface area contributed by atoms with Crippen LogP contribution in [0.1, 0.15) is 34.1 Å². The Balaban J connectivity index is 0.00000363. The average Bonchev–Trinajstić information content (AvgIpc) is 2.74. The Morgan fingerprint density at radius 2 is 1.72 bits per heavy atom. The lowest BCUT2D eigenvalue weighted by Gasteiger charge is -2.40. The van der Waals surface area contributed by atoms with Crippen molar-refractivity contribution in [2.45, 2.75) is 46.2 Å². The summed E-state index contributed by atoms with van der Waals surface area (Å²) in [6.45, 7) is 18.5. The molecular weight excluding hydrogens is 519 g/mol. The molecule has 0 aliphatic carbocycles. The number of ether oxygens (including phenoxy) is 1. The number of piperazine rings is 1. The summed E-state index contributed by atoms with van der Waals surface area (Å²) < 4.78 is 5.56. The molecule has 9 heteroatoms. The van der Waals surface area contributed by atoms with Gasteiger partial charge in [-0.15, -0.1) is 24.0 Å². The minimum Gasteiger partial charge on any atom is -0.379 e. The number of halogens is 1. The number of likely N-dealkylation sites (tertiary alicyclic amines) is 1. The average molecular weight is 565 g/mol. The molecule has 3 saturated heterocycles. The van der Waals surface area contributed by atoms with Crippen LogP contribution in [0.5, 0.6) is 0 Å². The number of nitrogens with one attached hydrogen (secondary N) is 1. The molecule has 3 aliphatic rings. The van der Waals surface area contributed by atoms with Gasteiger partial charge in [0.15, 0.2) is 5.96 Å². The first-order valence-electron chi connectivity index (χ1n) is 12.2. The van der Waals surface area contributed by atoms with Crippen molar-refractivity contribution in [3.63, 3.8) is 0 Å². The molecule has 0 aromatic carbocycles. The number of hydrogen-bond acceptors (Lipinski definition) is 5. The van der Waals surface area contributed by atoms with Gasteiger partial charge in [-0.1, -0.05) is 13.8 Å². The molecule has 0 saturated carbocycles. The quantitative estimate of drug-likeness (QED) is 0.310. The highest BCUT2D eigenvalue weighted by Gasteiger charge is 2.28. The number of hydrogen-bond donors (Lipinski definition) is 1. The molecule has 1 N–H and O–H groups in total. The normalized spacial score (nSPS) is 29.4. The van der Waals surface area contributed by atoms with E-state index in [1.54, 1.807) is 0 Å². The number of carbonyl (C=O) groups is 1. The van der Waals surface area contributed by atoms with E-state index in [-0.39, 0.29) is 24.0 Å². The molecule has 0 aromatic heterocycles. The van der Waals surface area contributed by atoms with Crippen molar-refractivity contribution >= 4 is 35.8 Å². The van der Waals surface area contributed by atoms with Crippen molar-refractivity contribution < 1.29 is 9.53 Å². The Morgan fingerprint density at radius 3 is 2.31 bits per heavy atom. The standard InChI is InChI=1S/C23H44N6O2.HI/c1-18-12-19(2)15-28(14-18)22(30)16-26-6-8-27(9-7-26)23(24-5)25-13-20(3)29-10-11-31-17-21(29)4;/h18-21H,6-17H2,1-5H3,(H,24,25);1H. The van der Waals surface area contributed by atoms with Gasteiger partial charge in [0.1, 0.15) is 0 Å². The third kappa shape index (κ3) is 7.70. The molecule has 0 spiro atoms. The van der Waals surface area contributed by atoms with Crippen LogP contribution >= 0.6 is 24.0 Å². The summed E-state index contributed by atoms with van der Waals surface area (Å²) >= 11 is 0. The molecule has 8 nitrogen and oxygen atoms in total. The highest BCUT2D eigenvalue weighted by Crippen LogP contribution is 2.21. The fraction of sp³-hybridized carbons (Fsp3) is 0.913. The molecule has 32 heavy (non-hydrogen) atoms. The van der Waals surface area contributed by atoms with E-state index in [2.05, 4.69) is 57.6 Å². The highest BCUT2D eigenvalue weighted by atomic mass is 127. The molecule has 186 valence electrons. The van der Waals surface area contributed by atoms with Crippen LogP contribution in [-0.2, 0) is 9.53 Å². The molecule has 0 radical (unpaired) electrons. The monoisotopic (exact) mass is 564 g/mol. The van der Waals surface area contributed by atoms with E-state index in [0.717, 1.165) is 71.5 Å². The smallest absolute Gasteiger partial charge is 0.236 e. The third-order valence-corrected chi connectivity index (χ3v) is 7.00. The Kier molecular flexibility index (Phi) is 11.5. The van der Waals surface area contributed by atoms with Gasteiger partial charge in [-0.3, -0.25) is 19.6 Å². The molecule has 3 fully saturated rings. The molecule has 3 heterocycles. The maximum Gasteiger partial charge on any atom is 0.236 e. The van der Waals surface area contributed by atoms with E-state index in [0.29, 0.717) is 36.4 Å². The highest BCUT2D eigenvalue weighted by molar-refractivity contribution is 14.0. The molecular formula is C23H45IN6O2. The van der Waals surface area contributed by atoms with Gasteiger partial charge in [-0.2, -0.15) is 0 Å². The molecule has 4 unspecified atom stereocenters. The molecule has 3 aliphatic heterocycles. The number of aliphatic imine (C=N–C) groups is 1. The lowest BCUT2D eigenvalue weighted by atomic mass is 9.92. The maximum absolute atomic E-state index is 12.8. The second-order valence-corrected chi connectivity index (χ2v) is 9.95. The lowest BCUT2D eigenvalue weighted by Crippen LogP contribution is -2.57. The van der Waals surface area contributed by atoms with Crippen LogP contribution in [0.15, 0.2) is 4.99 Å². The van der Waals surface area contributed by atoms with Gasteiger partial charge in [0.25, 0.3) is 0 Å². The van der Waals surface area contributed by atoms with Crippen LogP contribution < -0.4 is 5.32 Å². The Bertz CT molecular complexity index is 603. The summed E-state index contributed by atoms with van der Waals surface area (Å²) in [6.07, 6.45) is 1.23. The van der Waals surface area contributed by atoms with E-state index in [9.17, 15) is 4.79 Å². The first-order chi connectivity index (χ1) is 14.9. The van der Waals surface area contributed by atoms with E-state index < -0.39 is 0 Å². The minimum atomic E-state index is 0. The van der Waals surface area contributed by atoms with Gasteiger partial charge < -0.3 is 19.9 Å². The summed E-state index contributed by atoms with van der Waals surface area (Å²) in [4.78, 5) is 26.5. The summed E-state index contributed by atoms with van der Waals surface area (Å²) in [5, 5.41) is 3.57. The van der Waals surface area contributed by atoms with Crippen molar-refractivity contribution in [1.82, 2.24) is 24.9 Å². The number of nitrogens with zero attached hydrogens (tertiary/aromatic N) is 5. The molecule has 3 rings (SSSR count). The first-order valence-corrected chi connectivity index (χ1v) is 12.2. The van der Waals surface area contributed by atoms with Gasteiger partial charge in [0.05, 0.1) is 19.8 Å². The second kappa shape index (κ2) is 13.3. The van der Waals surface area contributed by atoms with Crippen LogP contribution in [0.3, 0.4) is 0 Å². The fourth-order valence-electron chi connectivity index (χ4n) is 5.36. The van der Waals surface area contributed by atoms with Crippen molar-refractivity contribution in [1.29, 1.82) is 0 Å². The largest absolute Gasteiger partial charge is 0.379 e. The topological polar surface area (TPSA) is 63.7 Å². The molecule has 0 aromatic rings. The summed E-state index contributed by atoms with van der Waals surface area (Å²) in [5.74, 6) is 2.49. The van der Waals surface area contributed by atoms with Crippen LogP contribution in [0.25, 0.3) is 0 Å². The number of guanidine groups is 1.